The number of aliphatic hydroxyl groups is 1. The van der Waals surface area contributed by atoms with Gasteiger partial charge in [-0.25, -0.2) is 0 Å². The van der Waals surface area contributed by atoms with Crippen LogP contribution in [0, 0.1) is 5.92 Å². The fraction of sp³-hybridized carbons (Fsp3) is 0.647. The van der Waals surface area contributed by atoms with Crippen molar-refractivity contribution in [3.05, 3.63) is 23.3 Å². The lowest BCUT2D eigenvalue weighted by Gasteiger charge is -2.56. The number of nitrogens with one attached hydrogen (secondary N) is 1. The molecule has 1 saturated carbocycles. The van der Waals surface area contributed by atoms with Crippen molar-refractivity contribution in [1.82, 2.24) is 5.32 Å². The lowest BCUT2D eigenvalue weighted by atomic mass is 9.52. The summed E-state index contributed by atoms with van der Waals surface area (Å²) in [4.78, 5) is 0. The second-order valence-electron chi connectivity index (χ2n) is 6.98. The Morgan fingerprint density at radius 3 is 3.14 bits per heavy atom. The third-order valence-electron chi connectivity index (χ3n) is 6.30. The van der Waals surface area contributed by atoms with Crippen LogP contribution in [0.25, 0.3) is 0 Å². The van der Waals surface area contributed by atoms with Gasteiger partial charge >= 0.3 is 0 Å². The maximum absolute atomic E-state index is 10.6. The topological polar surface area (TPSA) is 50.7 Å². The Labute approximate surface area is 124 Å². The van der Waals surface area contributed by atoms with Gasteiger partial charge in [-0.2, -0.15) is 0 Å². The average Bonchev–Trinajstić information content (AvgIpc) is 2.83. The van der Waals surface area contributed by atoms with Crippen LogP contribution >= 0.6 is 0 Å². The summed E-state index contributed by atoms with van der Waals surface area (Å²) in [5, 5.41) is 14.3. The maximum atomic E-state index is 10.6. The van der Waals surface area contributed by atoms with E-state index in [0.717, 1.165) is 43.7 Å². The fourth-order valence-electron chi connectivity index (χ4n) is 5.59. The average molecular weight is 287 g/mol. The SMILES string of the molecule is COc1ccc2c3c1OC1C(O)CCC4C(C2)NCCC341. The third kappa shape index (κ3) is 1.29. The minimum Gasteiger partial charge on any atom is -0.493 e. The van der Waals surface area contributed by atoms with Gasteiger partial charge < -0.3 is 19.9 Å². The van der Waals surface area contributed by atoms with Crippen LogP contribution in [0.3, 0.4) is 0 Å². The summed E-state index contributed by atoms with van der Waals surface area (Å²) in [6, 6.07) is 4.75. The van der Waals surface area contributed by atoms with Crippen molar-refractivity contribution in [3.63, 3.8) is 0 Å². The highest BCUT2D eigenvalue weighted by molar-refractivity contribution is 5.61. The van der Waals surface area contributed by atoms with Crippen molar-refractivity contribution in [1.29, 1.82) is 0 Å². The molecule has 2 aliphatic carbocycles. The van der Waals surface area contributed by atoms with E-state index in [0.29, 0.717) is 12.0 Å². The summed E-state index contributed by atoms with van der Waals surface area (Å²) in [6.45, 7) is 1.02. The van der Waals surface area contributed by atoms with Crippen LogP contribution in [0.2, 0.25) is 0 Å². The molecule has 4 heteroatoms. The van der Waals surface area contributed by atoms with Gasteiger partial charge in [0.05, 0.1) is 13.2 Å². The van der Waals surface area contributed by atoms with E-state index in [9.17, 15) is 5.11 Å². The van der Waals surface area contributed by atoms with Gasteiger partial charge in [-0.15, -0.1) is 0 Å². The van der Waals surface area contributed by atoms with Crippen LogP contribution in [-0.4, -0.2) is 37.0 Å². The second kappa shape index (κ2) is 3.93. The Kier molecular flexibility index (Phi) is 2.30. The zero-order chi connectivity index (χ0) is 14.2. The molecular formula is C17H21NO3. The van der Waals surface area contributed by atoms with Gasteiger partial charge in [-0.05, 0) is 49.8 Å². The first-order valence-electron chi connectivity index (χ1n) is 8.04. The lowest BCUT2D eigenvalue weighted by Crippen LogP contribution is -2.66. The van der Waals surface area contributed by atoms with E-state index in [4.69, 9.17) is 9.47 Å². The lowest BCUT2D eigenvalue weighted by molar-refractivity contribution is -0.0761. The van der Waals surface area contributed by atoms with Crippen LogP contribution in [0.4, 0.5) is 0 Å². The van der Waals surface area contributed by atoms with E-state index >= 15 is 0 Å². The highest BCUT2D eigenvalue weighted by Gasteiger charge is 2.64. The molecule has 4 nitrogen and oxygen atoms in total. The summed E-state index contributed by atoms with van der Waals surface area (Å²) in [5.41, 5.74) is 2.74. The first kappa shape index (κ1) is 12.3. The Morgan fingerprint density at radius 1 is 1.38 bits per heavy atom. The molecule has 0 amide bonds. The Morgan fingerprint density at radius 2 is 2.29 bits per heavy atom. The van der Waals surface area contributed by atoms with Crippen molar-refractivity contribution in [3.8, 4) is 11.5 Å². The molecule has 4 aliphatic rings. The molecule has 5 rings (SSSR count). The van der Waals surface area contributed by atoms with Crippen molar-refractivity contribution in [2.45, 2.75) is 49.3 Å². The molecule has 2 heterocycles. The van der Waals surface area contributed by atoms with Crippen LogP contribution in [0.1, 0.15) is 30.4 Å². The molecule has 0 radical (unpaired) electrons. The number of aliphatic hydroxyl groups excluding tert-OH is 1. The number of ether oxygens (including phenoxy) is 2. The number of benzene rings is 1. The van der Waals surface area contributed by atoms with Crippen molar-refractivity contribution in [2.24, 2.45) is 5.92 Å². The molecule has 5 atom stereocenters. The molecule has 1 spiro atoms. The van der Waals surface area contributed by atoms with Gasteiger partial charge in [0.15, 0.2) is 11.5 Å². The zero-order valence-electron chi connectivity index (χ0n) is 12.3. The van der Waals surface area contributed by atoms with E-state index in [-0.39, 0.29) is 17.6 Å². The van der Waals surface area contributed by atoms with E-state index in [2.05, 4.69) is 11.4 Å². The molecule has 21 heavy (non-hydrogen) atoms. The Bertz CT molecular complexity index is 616. The molecule has 2 bridgehead atoms. The molecule has 1 aromatic rings. The predicted octanol–water partition coefficient (Wildman–Crippen LogP) is 1.38. The van der Waals surface area contributed by atoms with E-state index in [1.807, 2.05) is 6.07 Å². The zero-order valence-corrected chi connectivity index (χ0v) is 12.3. The summed E-state index contributed by atoms with van der Waals surface area (Å²) in [7, 11) is 1.70. The largest absolute Gasteiger partial charge is 0.493 e. The minimum absolute atomic E-state index is 0.00500. The normalized spacial score (nSPS) is 42.2. The number of hydrogen-bond acceptors (Lipinski definition) is 4. The van der Waals surface area contributed by atoms with Crippen LogP contribution in [0.5, 0.6) is 11.5 Å². The van der Waals surface area contributed by atoms with Crippen molar-refractivity contribution >= 4 is 0 Å². The molecule has 5 unspecified atom stereocenters. The molecule has 2 fully saturated rings. The van der Waals surface area contributed by atoms with Gasteiger partial charge in [0, 0.05) is 17.0 Å². The molecule has 2 aliphatic heterocycles. The Hall–Kier alpha value is -1.26. The fourth-order valence-corrected chi connectivity index (χ4v) is 5.59. The molecule has 1 saturated heterocycles. The van der Waals surface area contributed by atoms with Crippen LogP contribution in [0.15, 0.2) is 12.1 Å². The van der Waals surface area contributed by atoms with Crippen molar-refractivity contribution in [2.75, 3.05) is 13.7 Å². The highest BCUT2D eigenvalue weighted by atomic mass is 16.5. The van der Waals surface area contributed by atoms with Crippen LogP contribution < -0.4 is 14.8 Å². The van der Waals surface area contributed by atoms with Gasteiger partial charge in [-0.1, -0.05) is 6.07 Å². The van der Waals surface area contributed by atoms with Crippen molar-refractivity contribution < 1.29 is 14.6 Å². The first-order chi connectivity index (χ1) is 10.3. The summed E-state index contributed by atoms with van der Waals surface area (Å²) in [6.07, 6.45) is 3.62. The quantitative estimate of drug-likeness (QED) is 0.819. The smallest absolute Gasteiger partial charge is 0.165 e. The standard InChI is InChI=1S/C17H21NO3/c1-20-13-5-2-9-8-11-10-3-4-12(19)16-17(10,6-7-18-11)14(9)15(13)21-16/h2,5,10-12,16,18-19H,3-4,6-8H2,1H3. The molecule has 1 aromatic carbocycles. The van der Waals surface area contributed by atoms with Crippen LogP contribution in [-0.2, 0) is 11.8 Å². The van der Waals surface area contributed by atoms with Gasteiger partial charge in [0.1, 0.15) is 6.10 Å². The summed E-state index contributed by atoms with van der Waals surface area (Å²) < 4.78 is 11.8. The monoisotopic (exact) mass is 287 g/mol. The van der Waals surface area contributed by atoms with E-state index in [1.54, 1.807) is 7.11 Å². The van der Waals surface area contributed by atoms with Gasteiger partial charge in [-0.3, -0.25) is 0 Å². The third-order valence-corrected chi connectivity index (χ3v) is 6.30. The molecule has 2 N–H and O–H groups in total. The highest BCUT2D eigenvalue weighted by Crippen LogP contribution is 2.62. The van der Waals surface area contributed by atoms with E-state index < -0.39 is 0 Å². The van der Waals surface area contributed by atoms with Gasteiger partial charge in [0.25, 0.3) is 0 Å². The summed E-state index contributed by atoms with van der Waals surface area (Å²) >= 11 is 0. The molecule has 0 aromatic heterocycles. The number of rotatable bonds is 1. The minimum atomic E-state index is -0.358. The predicted molar refractivity (Wildman–Crippen MR) is 77.9 cm³/mol. The summed E-state index contributed by atoms with van der Waals surface area (Å²) in [5.74, 6) is 2.31. The molecule has 112 valence electrons. The Balaban J connectivity index is 1.81. The number of methoxy groups -OCH3 is 1. The number of piperidine rings is 1. The maximum Gasteiger partial charge on any atom is 0.165 e. The van der Waals surface area contributed by atoms with Gasteiger partial charge in [0.2, 0.25) is 0 Å². The van der Waals surface area contributed by atoms with E-state index in [1.165, 1.54) is 11.1 Å². The number of hydrogen-bond donors (Lipinski definition) is 2. The second-order valence-corrected chi connectivity index (χ2v) is 6.98. The molecular weight excluding hydrogens is 266 g/mol. The first-order valence-corrected chi connectivity index (χ1v) is 8.04.